The fraction of sp³-hybridized carbons (Fsp3) is 0.588. The molecule has 2 saturated heterocycles. The number of likely N-dealkylation sites (N-methyl/N-ethyl adjacent to an activating group) is 1. The molecule has 1 aromatic carbocycles. The van der Waals surface area contributed by atoms with Gasteiger partial charge >= 0.3 is 0 Å². The molecule has 4 heteroatoms. The van der Waals surface area contributed by atoms with E-state index in [1.807, 2.05) is 6.07 Å². The number of nitrogens with zero attached hydrogens (tertiary/aromatic N) is 2. The van der Waals surface area contributed by atoms with Crippen molar-refractivity contribution in [3.05, 3.63) is 29.3 Å². The lowest BCUT2D eigenvalue weighted by Crippen LogP contribution is -2.64. The highest BCUT2D eigenvalue weighted by Gasteiger charge is 2.49. The highest BCUT2D eigenvalue weighted by Crippen LogP contribution is 2.44. The Morgan fingerprint density at radius 3 is 2.95 bits per heavy atom. The van der Waals surface area contributed by atoms with Gasteiger partial charge in [-0.2, -0.15) is 0 Å². The first-order valence-corrected chi connectivity index (χ1v) is 7.90. The van der Waals surface area contributed by atoms with Crippen molar-refractivity contribution < 1.29 is 9.53 Å². The first-order valence-electron chi connectivity index (χ1n) is 7.90. The van der Waals surface area contributed by atoms with E-state index in [1.54, 1.807) is 7.11 Å². The van der Waals surface area contributed by atoms with Crippen LogP contribution in [-0.2, 0) is 11.2 Å². The molecule has 112 valence electrons. The zero-order chi connectivity index (χ0) is 14.6. The third-order valence-corrected chi connectivity index (χ3v) is 5.55. The number of carbonyl (C=O) groups is 1. The van der Waals surface area contributed by atoms with Gasteiger partial charge in [0.25, 0.3) is 0 Å². The van der Waals surface area contributed by atoms with Crippen LogP contribution in [-0.4, -0.2) is 48.5 Å². The SMILES string of the molecule is COc1ccc2c(c1)CCN1C(=O)C3CCCC(C21)N3C. The monoisotopic (exact) mass is 286 g/mol. The number of hydrogen-bond acceptors (Lipinski definition) is 3. The summed E-state index contributed by atoms with van der Waals surface area (Å²) in [5.41, 5.74) is 2.67. The zero-order valence-corrected chi connectivity index (χ0v) is 12.7. The molecule has 2 fully saturated rings. The molecule has 3 aliphatic heterocycles. The van der Waals surface area contributed by atoms with Crippen LogP contribution < -0.4 is 4.74 Å². The van der Waals surface area contributed by atoms with Crippen LogP contribution in [0.2, 0.25) is 0 Å². The molecule has 3 heterocycles. The number of piperidine rings is 1. The lowest BCUT2D eigenvalue weighted by atomic mass is 9.79. The van der Waals surface area contributed by atoms with E-state index in [0.717, 1.165) is 25.1 Å². The number of hydrogen-bond donors (Lipinski definition) is 0. The van der Waals surface area contributed by atoms with E-state index in [2.05, 4.69) is 29.0 Å². The van der Waals surface area contributed by atoms with Crippen LogP contribution in [0.15, 0.2) is 18.2 Å². The fourth-order valence-electron chi connectivity index (χ4n) is 4.45. The Morgan fingerprint density at radius 2 is 2.14 bits per heavy atom. The predicted molar refractivity (Wildman–Crippen MR) is 80.3 cm³/mol. The summed E-state index contributed by atoms with van der Waals surface area (Å²) < 4.78 is 5.35. The maximum Gasteiger partial charge on any atom is 0.240 e. The Bertz CT molecular complexity index is 586. The van der Waals surface area contributed by atoms with E-state index in [9.17, 15) is 4.79 Å². The molecular formula is C17H22N2O2. The lowest BCUT2D eigenvalue weighted by molar-refractivity contribution is -0.154. The summed E-state index contributed by atoms with van der Waals surface area (Å²) in [5.74, 6) is 1.25. The van der Waals surface area contributed by atoms with E-state index in [4.69, 9.17) is 4.74 Å². The third kappa shape index (κ3) is 1.81. The highest BCUT2D eigenvalue weighted by molar-refractivity contribution is 5.84. The summed E-state index contributed by atoms with van der Waals surface area (Å²) in [7, 11) is 3.84. The molecule has 0 spiro atoms. The topological polar surface area (TPSA) is 32.8 Å². The van der Waals surface area contributed by atoms with Crippen LogP contribution in [0.4, 0.5) is 0 Å². The largest absolute Gasteiger partial charge is 0.497 e. The summed E-state index contributed by atoms with van der Waals surface area (Å²) in [4.78, 5) is 17.2. The third-order valence-electron chi connectivity index (χ3n) is 5.55. The molecule has 3 aliphatic rings. The van der Waals surface area contributed by atoms with E-state index in [1.165, 1.54) is 24.0 Å². The standard InChI is InChI=1S/C17H22N2O2/c1-18-14-4-3-5-15(18)17(20)19-9-8-11-10-12(21-2)6-7-13(11)16(14)19/h6-7,10,14-16H,3-5,8-9H2,1-2H3. The smallest absolute Gasteiger partial charge is 0.240 e. The predicted octanol–water partition coefficient (Wildman–Crippen LogP) is 1.99. The van der Waals surface area contributed by atoms with Crippen LogP contribution in [0, 0.1) is 0 Å². The molecule has 1 aromatic rings. The van der Waals surface area contributed by atoms with Crippen molar-refractivity contribution in [1.82, 2.24) is 9.80 Å². The van der Waals surface area contributed by atoms with Gasteiger partial charge in [0.1, 0.15) is 5.75 Å². The van der Waals surface area contributed by atoms with Gasteiger partial charge in [-0.25, -0.2) is 0 Å². The van der Waals surface area contributed by atoms with Gasteiger partial charge in [0.2, 0.25) is 5.91 Å². The second-order valence-electron chi connectivity index (χ2n) is 6.47. The van der Waals surface area contributed by atoms with Crippen molar-refractivity contribution in [2.24, 2.45) is 0 Å². The van der Waals surface area contributed by atoms with Crippen LogP contribution in [0.1, 0.15) is 36.4 Å². The number of rotatable bonds is 1. The number of piperazine rings is 1. The fourth-order valence-corrected chi connectivity index (χ4v) is 4.45. The van der Waals surface area contributed by atoms with Crippen molar-refractivity contribution in [2.45, 2.75) is 43.8 Å². The second-order valence-corrected chi connectivity index (χ2v) is 6.47. The van der Waals surface area contributed by atoms with Gasteiger partial charge in [0, 0.05) is 12.6 Å². The normalized spacial score (nSPS) is 31.6. The van der Waals surface area contributed by atoms with Crippen LogP contribution in [0.25, 0.3) is 0 Å². The lowest BCUT2D eigenvalue weighted by Gasteiger charge is -2.54. The first kappa shape index (κ1) is 13.1. The molecule has 21 heavy (non-hydrogen) atoms. The molecule has 4 nitrogen and oxygen atoms in total. The van der Waals surface area contributed by atoms with Gasteiger partial charge in [-0.15, -0.1) is 0 Å². The summed E-state index contributed by atoms with van der Waals surface area (Å²) >= 11 is 0. The Hall–Kier alpha value is -1.55. The molecule has 4 rings (SSSR count). The van der Waals surface area contributed by atoms with Gasteiger partial charge in [-0.1, -0.05) is 6.07 Å². The van der Waals surface area contributed by atoms with Gasteiger partial charge < -0.3 is 9.64 Å². The van der Waals surface area contributed by atoms with Crippen LogP contribution in [0.5, 0.6) is 5.75 Å². The van der Waals surface area contributed by atoms with Crippen molar-refractivity contribution in [1.29, 1.82) is 0 Å². The van der Waals surface area contributed by atoms with E-state index >= 15 is 0 Å². The Labute approximate surface area is 125 Å². The number of carbonyl (C=O) groups excluding carboxylic acids is 1. The maximum atomic E-state index is 12.8. The first-order chi connectivity index (χ1) is 10.2. The summed E-state index contributed by atoms with van der Waals surface area (Å²) in [6.07, 6.45) is 4.32. The number of ether oxygens (including phenoxy) is 1. The molecule has 0 N–H and O–H groups in total. The molecule has 2 bridgehead atoms. The summed E-state index contributed by atoms with van der Waals surface area (Å²) in [5, 5.41) is 0. The number of benzene rings is 1. The molecule has 1 amide bonds. The zero-order valence-electron chi connectivity index (χ0n) is 12.7. The number of fused-ring (bicyclic) bond motifs is 6. The molecule has 0 aliphatic carbocycles. The molecule has 0 radical (unpaired) electrons. The van der Waals surface area contributed by atoms with Crippen molar-refractivity contribution >= 4 is 5.91 Å². The Morgan fingerprint density at radius 1 is 1.29 bits per heavy atom. The van der Waals surface area contributed by atoms with Crippen molar-refractivity contribution in [3.63, 3.8) is 0 Å². The van der Waals surface area contributed by atoms with Crippen molar-refractivity contribution in [2.75, 3.05) is 20.7 Å². The minimum atomic E-state index is 0.111. The quantitative estimate of drug-likeness (QED) is 0.791. The Kier molecular flexibility index (Phi) is 2.96. The molecule has 3 atom stereocenters. The number of amides is 1. The average Bonchev–Trinajstić information content (AvgIpc) is 2.51. The van der Waals surface area contributed by atoms with Crippen molar-refractivity contribution in [3.8, 4) is 5.75 Å². The van der Waals surface area contributed by atoms with Gasteiger partial charge in [-0.05, 0) is 56.0 Å². The molecule has 0 aromatic heterocycles. The molecular weight excluding hydrogens is 264 g/mol. The molecule has 0 saturated carbocycles. The minimum absolute atomic E-state index is 0.111. The summed E-state index contributed by atoms with van der Waals surface area (Å²) in [6, 6.07) is 7.15. The van der Waals surface area contributed by atoms with Crippen LogP contribution >= 0.6 is 0 Å². The van der Waals surface area contributed by atoms with E-state index in [-0.39, 0.29) is 12.1 Å². The van der Waals surface area contributed by atoms with E-state index < -0.39 is 0 Å². The Balaban J connectivity index is 1.79. The van der Waals surface area contributed by atoms with E-state index in [0.29, 0.717) is 11.9 Å². The maximum absolute atomic E-state index is 12.8. The minimum Gasteiger partial charge on any atom is -0.497 e. The van der Waals surface area contributed by atoms with Crippen LogP contribution in [0.3, 0.4) is 0 Å². The summed E-state index contributed by atoms with van der Waals surface area (Å²) in [6.45, 7) is 0.852. The highest BCUT2D eigenvalue weighted by atomic mass is 16.5. The second kappa shape index (κ2) is 4.73. The molecule has 3 unspecified atom stereocenters. The van der Waals surface area contributed by atoms with Gasteiger partial charge in [0.05, 0.1) is 19.2 Å². The van der Waals surface area contributed by atoms with Gasteiger partial charge in [0.15, 0.2) is 0 Å². The van der Waals surface area contributed by atoms with Gasteiger partial charge in [-0.3, -0.25) is 9.69 Å². The number of methoxy groups -OCH3 is 1. The average molecular weight is 286 g/mol.